The molecule has 1 fully saturated rings. The fourth-order valence-electron chi connectivity index (χ4n) is 2.52. The Morgan fingerprint density at radius 1 is 1.47 bits per heavy atom. The topological polar surface area (TPSA) is 74.7 Å². The maximum absolute atomic E-state index is 12.7. The normalized spacial score (nSPS) is 24.8. The Labute approximate surface area is 116 Å². The van der Waals surface area contributed by atoms with Crippen LogP contribution in [0, 0.1) is 13.8 Å². The number of rotatable bonds is 3. The lowest BCUT2D eigenvalue weighted by Crippen LogP contribution is -2.50. The van der Waals surface area contributed by atoms with Crippen molar-refractivity contribution in [2.75, 3.05) is 6.54 Å². The van der Waals surface area contributed by atoms with E-state index in [2.05, 4.69) is 0 Å². The minimum atomic E-state index is -3.74. The fraction of sp³-hybridized carbons (Fsp3) is 0.583. The summed E-state index contributed by atoms with van der Waals surface area (Å²) in [5.41, 5.74) is -1.33. The lowest BCUT2D eigenvalue weighted by atomic mass is 10.0. The number of carbonyl (C=O) groups is 1. The molecule has 1 unspecified atom stereocenters. The maximum Gasteiger partial charge on any atom is 0.324 e. The smallest absolute Gasteiger partial charge is 0.324 e. The monoisotopic (exact) mass is 303 g/mol. The second-order valence-corrected chi connectivity index (χ2v) is 8.33. The van der Waals surface area contributed by atoms with Gasteiger partial charge in [-0.15, -0.1) is 11.3 Å². The Morgan fingerprint density at radius 3 is 2.58 bits per heavy atom. The van der Waals surface area contributed by atoms with E-state index in [4.69, 9.17) is 0 Å². The SMILES string of the molecule is Cc1cc(S(=O)(=O)N2CCCC2(C)C(=O)O)c(C)s1. The summed E-state index contributed by atoms with van der Waals surface area (Å²) in [6.45, 7) is 5.34. The number of sulfonamides is 1. The number of aryl methyl sites for hydroxylation is 2. The summed E-state index contributed by atoms with van der Waals surface area (Å²) in [7, 11) is -3.74. The van der Waals surface area contributed by atoms with Crippen LogP contribution < -0.4 is 0 Å². The molecule has 0 amide bonds. The Bertz CT molecular complexity index is 620. The molecule has 1 aliphatic rings. The van der Waals surface area contributed by atoms with Crippen LogP contribution in [0.25, 0.3) is 0 Å². The molecule has 5 nitrogen and oxygen atoms in total. The molecule has 1 N–H and O–H groups in total. The van der Waals surface area contributed by atoms with E-state index in [9.17, 15) is 18.3 Å². The van der Waals surface area contributed by atoms with Crippen molar-refractivity contribution >= 4 is 27.3 Å². The molecule has 0 saturated carbocycles. The number of carboxylic acid groups (broad SMARTS) is 1. The highest BCUT2D eigenvalue weighted by Crippen LogP contribution is 2.37. The number of hydrogen-bond donors (Lipinski definition) is 1. The molecule has 1 aromatic rings. The molecule has 1 saturated heterocycles. The van der Waals surface area contributed by atoms with Crippen molar-refractivity contribution in [3.8, 4) is 0 Å². The van der Waals surface area contributed by atoms with Gasteiger partial charge in [0.05, 0.1) is 4.90 Å². The van der Waals surface area contributed by atoms with Crippen molar-refractivity contribution < 1.29 is 18.3 Å². The van der Waals surface area contributed by atoms with Gasteiger partial charge in [-0.2, -0.15) is 4.31 Å². The molecule has 2 rings (SSSR count). The van der Waals surface area contributed by atoms with Crippen LogP contribution >= 0.6 is 11.3 Å². The fourth-order valence-corrected chi connectivity index (χ4v) is 5.85. The third-order valence-electron chi connectivity index (χ3n) is 3.60. The molecular formula is C12H17NO4S2. The number of nitrogens with zero attached hydrogens (tertiary/aromatic N) is 1. The first-order chi connectivity index (χ1) is 8.69. The highest BCUT2D eigenvalue weighted by Gasteiger charge is 2.50. The zero-order valence-corrected chi connectivity index (χ0v) is 12.8. The molecule has 0 aromatic carbocycles. The summed E-state index contributed by atoms with van der Waals surface area (Å²) < 4.78 is 26.5. The van der Waals surface area contributed by atoms with E-state index in [0.29, 0.717) is 17.7 Å². The summed E-state index contributed by atoms with van der Waals surface area (Å²) in [6, 6.07) is 1.62. The van der Waals surface area contributed by atoms with Crippen LogP contribution in [-0.2, 0) is 14.8 Å². The number of carboxylic acids is 1. The summed E-state index contributed by atoms with van der Waals surface area (Å²) >= 11 is 1.41. The van der Waals surface area contributed by atoms with Crippen LogP contribution in [0.15, 0.2) is 11.0 Å². The van der Waals surface area contributed by atoms with Crippen LogP contribution in [-0.4, -0.2) is 35.9 Å². The summed E-state index contributed by atoms with van der Waals surface area (Å²) in [6.07, 6.45) is 0.925. The number of aliphatic carboxylic acids is 1. The van der Waals surface area contributed by atoms with E-state index >= 15 is 0 Å². The van der Waals surface area contributed by atoms with Gasteiger partial charge >= 0.3 is 5.97 Å². The van der Waals surface area contributed by atoms with E-state index in [1.54, 1.807) is 13.0 Å². The predicted octanol–water partition coefficient (Wildman–Crippen LogP) is 1.99. The first kappa shape index (κ1) is 14.5. The molecule has 1 atom stereocenters. The third-order valence-corrected chi connectivity index (χ3v) is 6.84. The first-order valence-corrected chi connectivity index (χ1v) is 8.28. The van der Waals surface area contributed by atoms with Crippen molar-refractivity contribution in [3.05, 3.63) is 15.8 Å². The molecular weight excluding hydrogens is 286 g/mol. The Kier molecular flexibility index (Phi) is 3.49. The molecule has 0 aliphatic carbocycles. The van der Waals surface area contributed by atoms with Gasteiger partial charge in [0.15, 0.2) is 0 Å². The van der Waals surface area contributed by atoms with Crippen molar-refractivity contribution in [1.29, 1.82) is 0 Å². The van der Waals surface area contributed by atoms with Gasteiger partial charge in [0.25, 0.3) is 0 Å². The average Bonchev–Trinajstić information content (AvgIpc) is 2.83. The summed E-state index contributed by atoms with van der Waals surface area (Å²) in [5.74, 6) is -1.09. The lowest BCUT2D eigenvalue weighted by Gasteiger charge is -2.30. The van der Waals surface area contributed by atoms with Gasteiger partial charge in [-0.1, -0.05) is 0 Å². The molecule has 0 radical (unpaired) electrons. The molecule has 0 bridgehead atoms. The van der Waals surface area contributed by atoms with E-state index < -0.39 is 21.5 Å². The zero-order valence-electron chi connectivity index (χ0n) is 11.1. The van der Waals surface area contributed by atoms with Gasteiger partial charge in [0.2, 0.25) is 10.0 Å². The highest BCUT2D eigenvalue weighted by molar-refractivity contribution is 7.89. The van der Waals surface area contributed by atoms with Crippen molar-refractivity contribution in [2.45, 2.75) is 44.0 Å². The maximum atomic E-state index is 12.7. The van der Waals surface area contributed by atoms with Gasteiger partial charge < -0.3 is 5.11 Å². The molecule has 1 aromatic heterocycles. The Hall–Kier alpha value is -0.920. The molecule has 106 valence electrons. The van der Waals surface area contributed by atoms with Crippen LogP contribution in [0.4, 0.5) is 0 Å². The van der Waals surface area contributed by atoms with Crippen molar-refractivity contribution in [1.82, 2.24) is 4.31 Å². The standard InChI is InChI=1S/C12H17NO4S2/c1-8-7-10(9(2)18-8)19(16,17)13-6-4-5-12(13,3)11(14)15/h7H,4-6H2,1-3H3,(H,14,15). The second kappa shape index (κ2) is 4.57. The average molecular weight is 303 g/mol. The first-order valence-electron chi connectivity index (χ1n) is 6.03. The van der Waals surface area contributed by atoms with Gasteiger partial charge in [-0.05, 0) is 39.7 Å². The van der Waals surface area contributed by atoms with Gasteiger partial charge in [-0.25, -0.2) is 8.42 Å². The van der Waals surface area contributed by atoms with Gasteiger partial charge in [0.1, 0.15) is 5.54 Å². The van der Waals surface area contributed by atoms with Crippen molar-refractivity contribution in [2.24, 2.45) is 0 Å². The zero-order chi connectivity index (χ0) is 14.4. The number of thiophene rings is 1. The summed E-state index contributed by atoms with van der Waals surface area (Å²) in [4.78, 5) is 13.3. The van der Waals surface area contributed by atoms with Crippen LogP contribution in [0.3, 0.4) is 0 Å². The molecule has 2 heterocycles. The van der Waals surface area contributed by atoms with E-state index in [0.717, 1.165) is 9.18 Å². The molecule has 1 aliphatic heterocycles. The molecule has 0 spiro atoms. The van der Waals surface area contributed by atoms with Crippen LogP contribution in [0.5, 0.6) is 0 Å². The third kappa shape index (κ3) is 2.19. The van der Waals surface area contributed by atoms with Gasteiger partial charge in [0, 0.05) is 16.3 Å². The minimum Gasteiger partial charge on any atom is -0.480 e. The van der Waals surface area contributed by atoms with E-state index in [1.807, 2.05) is 6.92 Å². The predicted molar refractivity (Wildman–Crippen MR) is 73.0 cm³/mol. The largest absolute Gasteiger partial charge is 0.480 e. The van der Waals surface area contributed by atoms with Crippen molar-refractivity contribution in [3.63, 3.8) is 0 Å². The second-order valence-electron chi connectivity index (χ2n) is 5.04. The summed E-state index contributed by atoms with van der Waals surface area (Å²) in [5, 5.41) is 9.32. The van der Waals surface area contributed by atoms with Crippen LogP contribution in [0.2, 0.25) is 0 Å². The van der Waals surface area contributed by atoms with Gasteiger partial charge in [-0.3, -0.25) is 4.79 Å². The minimum absolute atomic E-state index is 0.240. The quantitative estimate of drug-likeness (QED) is 0.926. The molecule has 19 heavy (non-hydrogen) atoms. The molecule has 7 heteroatoms. The highest BCUT2D eigenvalue weighted by atomic mass is 32.2. The van der Waals surface area contributed by atoms with E-state index in [-0.39, 0.29) is 11.4 Å². The number of hydrogen-bond acceptors (Lipinski definition) is 4. The van der Waals surface area contributed by atoms with E-state index in [1.165, 1.54) is 18.3 Å². The Balaban J connectivity index is 2.51. The Morgan fingerprint density at radius 2 is 2.11 bits per heavy atom. The van der Waals surface area contributed by atoms with Crippen LogP contribution in [0.1, 0.15) is 29.5 Å². The lowest BCUT2D eigenvalue weighted by molar-refractivity contribution is -0.146.